The molecule has 3 heterocycles. The number of piperazine rings is 1. The van der Waals surface area contributed by atoms with Crippen LogP contribution in [-0.2, 0) is 9.84 Å². The molecule has 0 amide bonds. The van der Waals surface area contributed by atoms with Gasteiger partial charge in [-0.25, -0.2) is 13.4 Å². The minimum absolute atomic E-state index is 0.337. The smallest absolute Gasteiger partial charge is 0.229 e. The van der Waals surface area contributed by atoms with Gasteiger partial charge in [0.15, 0.2) is 15.7 Å². The number of nitrogens with one attached hydrogen (secondary N) is 2. The Morgan fingerprint density at radius 3 is 2.39 bits per heavy atom. The molecule has 0 radical (unpaired) electrons. The Balaban J connectivity index is 1.25. The summed E-state index contributed by atoms with van der Waals surface area (Å²) in [5.41, 5.74) is 4.64. The minimum Gasteiger partial charge on any atom is -0.371 e. The van der Waals surface area contributed by atoms with E-state index in [4.69, 9.17) is 11.6 Å². The molecule has 1 aromatic heterocycles. The highest BCUT2D eigenvalue weighted by Crippen LogP contribution is 2.33. The van der Waals surface area contributed by atoms with Crippen LogP contribution in [0.5, 0.6) is 0 Å². The molecule has 41 heavy (non-hydrogen) atoms. The average molecular weight is 598 g/mol. The number of para-hydroxylation sites is 1. The number of aromatic nitrogens is 2. The number of halogens is 1. The molecule has 2 saturated heterocycles. The fourth-order valence-electron chi connectivity index (χ4n) is 5.71. The summed E-state index contributed by atoms with van der Waals surface area (Å²) in [5.74, 6) is 0.791. The van der Waals surface area contributed by atoms with E-state index in [1.165, 1.54) is 62.7 Å². The molecule has 0 aliphatic carbocycles. The normalized spacial score (nSPS) is 18.3. The average Bonchev–Trinajstić information content (AvgIpc) is 2.95. The van der Waals surface area contributed by atoms with Crippen LogP contribution in [-0.4, -0.2) is 86.8 Å². The van der Waals surface area contributed by atoms with Crippen LogP contribution in [0.1, 0.15) is 36.1 Å². The summed E-state index contributed by atoms with van der Waals surface area (Å²) in [6, 6.07) is 14.3. The molecule has 9 nitrogen and oxygen atoms in total. The van der Waals surface area contributed by atoms with Gasteiger partial charge in [0.1, 0.15) is 5.02 Å². The Hall–Kier alpha value is -2.92. The SMILES string of the molecule is Cc1cc(Nc2ncc(Cl)c(Nc3ccccc3C(C)S(C)(=O)=O)n2)ccc1N1CCC(N2CCN(C)CC2)CC1. The molecule has 0 bridgehead atoms. The van der Waals surface area contributed by atoms with Crippen molar-refractivity contribution in [3.8, 4) is 0 Å². The van der Waals surface area contributed by atoms with Gasteiger partial charge in [-0.15, -0.1) is 0 Å². The molecule has 3 aromatic rings. The van der Waals surface area contributed by atoms with E-state index < -0.39 is 15.1 Å². The summed E-state index contributed by atoms with van der Waals surface area (Å²) in [6.07, 6.45) is 5.17. The number of sulfone groups is 1. The molecular weight excluding hydrogens is 558 g/mol. The Kier molecular flexibility index (Phi) is 9.03. The Labute approximate surface area is 248 Å². The Morgan fingerprint density at radius 1 is 1.00 bits per heavy atom. The van der Waals surface area contributed by atoms with E-state index in [-0.39, 0.29) is 0 Å². The number of benzene rings is 2. The van der Waals surface area contributed by atoms with Crippen molar-refractivity contribution in [1.29, 1.82) is 0 Å². The molecule has 5 rings (SSSR count). The van der Waals surface area contributed by atoms with Crippen molar-refractivity contribution >= 4 is 50.3 Å². The number of anilines is 5. The first-order chi connectivity index (χ1) is 19.6. The third-order valence-electron chi connectivity index (χ3n) is 8.35. The molecular formula is C30H40ClN7O2S. The van der Waals surface area contributed by atoms with Gasteiger partial charge in [0.25, 0.3) is 0 Å². The summed E-state index contributed by atoms with van der Waals surface area (Å²) in [6.45, 7) is 10.6. The maximum Gasteiger partial charge on any atom is 0.229 e. The largest absolute Gasteiger partial charge is 0.371 e. The molecule has 2 aromatic carbocycles. The lowest BCUT2D eigenvalue weighted by Crippen LogP contribution is -2.52. The third kappa shape index (κ3) is 7.12. The van der Waals surface area contributed by atoms with Gasteiger partial charge in [-0.05, 0) is 69.1 Å². The van der Waals surface area contributed by atoms with Gasteiger partial charge < -0.3 is 20.4 Å². The van der Waals surface area contributed by atoms with Crippen LogP contribution in [0.15, 0.2) is 48.7 Å². The lowest BCUT2D eigenvalue weighted by atomic mass is 10.0. The van der Waals surface area contributed by atoms with Gasteiger partial charge in [-0.1, -0.05) is 29.8 Å². The first-order valence-corrected chi connectivity index (χ1v) is 16.5. The van der Waals surface area contributed by atoms with Gasteiger partial charge in [0, 0.05) is 68.6 Å². The summed E-state index contributed by atoms with van der Waals surface area (Å²) in [5, 5.41) is 6.17. The molecule has 0 spiro atoms. The van der Waals surface area contributed by atoms with Crippen molar-refractivity contribution in [2.75, 3.05) is 68.1 Å². The van der Waals surface area contributed by atoms with Crippen LogP contribution in [0, 0.1) is 6.92 Å². The van der Waals surface area contributed by atoms with E-state index >= 15 is 0 Å². The van der Waals surface area contributed by atoms with Crippen LogP contribution < -0.4 is 15.5 Å². The van der Waals surface area contributed by atoms with Crippen LogP contribution in [0.25, 0.3) is 0 Å². The van der Waals surface area contributed by atoms with E-state index in [0.29, 0.717) is 34.1 Å². The fourth-order valence-corrected chi connectivity index (χ4v) is 6.52. The second-order valence-electron chi connectivity index (χ2n) is 11.3. The number of nitrogens with zero attached hydrogens (tertiary/aromatic N) is 5. The Morgan fingerprint density at radius 2 is 1.71 bits per heavy atom. The lowest BCUT2D eigenvalue weighted by Gasteiger charge is -2.43. The van der Waals surface area contributed by atoms with Crippen LogP contribution >= 0.6 is 11.6 Å². The summed E-state index contributed by atoms with van der Waals surface area (Å²) < 4.78 is 24.4. The summed E-state index contributed by atoms with van der Waals surface area (Å²) >= 11 is 6.42. The topological polar surface area (TPSA) is 93.7 Å². The number of hydrogen-bond acceptors (Lipinski definition) is 9. The molecule has 2 N–H and O–H groups in total. The second-order valence-corrected chi connectivity index (χ2v) is 14.0. The number of likely N-dealkylation sites (N-methyl/N-ethyl adjacent to an activating group) is 1. The predicted octanol–water partition coefficient (Wildman–Crippen LogP) is 5.25. The minimum atomic E-state index is -3.28. The van der Waals surface area contributed by atoms with Crippen LogP contribution in [0.2, 0.25) is 5.02 Å². The fraction of sp³-hybridized carbons (Fsp3) is 0.467. The number of aryl methyl sites for hydroxylation is 1. The molecule has 2 aliphatic rings. The predicted molar refractivity (Wildman–Crippen MR) is 169 cm³/mol. The van der Waals surface area contributed by atoms with E-state index in [1.807, 2.05) is 18.2 Å². The third-order valence-corrected chi connectivity index (χ3v) is 10.2. The highest BCUT2D eigenvalue weighted by Gasteiger charge is 2.27. The monoisotopic (exact) mass is 597 g/mol. The zero-order chi connectivity index (χ0) is 29.1. The lowest BCUT2D eigenvalue weighted by molar-refractivity contribution is 0.0982. The highest BCUT2D eigenvalue weighted by atomic mass is 35.5. The summed E-state index contributed by atoms with van der Waals surface area (Å²) in [4.78, 5) is 16.6. The van der Waals surface area contributed by atoms with Gasteiger partial charge in [-0.2, -0.15) is 4.98 Å². The van der Waals surface area contributed by atoms with E-state index in [0.717, 1.165) is 18.8 Å². The van der Waals surface area contributed by atoms with Crippen molar-refractivity contribution in [2.24, 2.45) is 0 Å². The van der Waals surface area contributed by atoms with Crippen molar-refractivity contribution < 1.29 is 8.42 Å². The van der Waals surface area contributed by atoms with Gasteiger partial charge in [-0.3, -0.25) is 4.90 Å². The standard InChI is InChI=1S/C30H40ClN7O2S/c1-21-19-23(9-10-28(21)38-13-11-24(12-14-38)37-17-15-36(3)16-18-37)33-30-32-20-26(31)29(35-30)34-27-8-6-5-7-25(27)22(2)41(4,39)40/h5-10,19-20,22,24H,11-18H2,1-4H3,(H2,32,33,34,35). The van der Waals surface area contributed by atoms with Gasteiger partial charge in [0.2, 0.25) is 5.95 Å². The van der Waals surface area contributed by atoms with Crippen molar-refractivity contribution in [3.05, 3.63) is 64.8 Å². The van der Waals surface area contributed by atoms with E-state index in [2.05, 4.69) is 67.5 Å². The van der Waals surface area contributed by atoms with Gasteiger partial charge in [0.05, 0.1) is 11.4 Å². The number of piperidine rings is 1. The molecule has 0 saturated carbocycles. The van der Waals surface area contributed by atoms with E-state index in [1.54, 1.807) is 13.0 Å². The molecule has 220 valence electrons. The quantitative estimate of drug-likeness (QED) is 0.361. The maximum absolute atomic E-state index is 12.2. The second kappa shape index (κ2) is 12.5. The number of rotatable bonds is 8. The molecule has 1 unspecified atom stereocenters. The zero-order valence-corrected chi connectivity index (χ0v) is 25.8. The summed E-state index contributed by atoms with van der Waals surface area (Å²) in [7, 11) is -1.07. The van der Waals surface area contributed by atoms with Crippen molar-refractivity contribution in [3.63, 3.8) is 0 Å². The van der Waals surface area contributed by atoms with Crippen LogP contribution in [0.3, 0.4) is 0 Å². The molecule has 1 atom stereocenters. The number of hydrogen-bond donors (Lipinski definition) is 2. The molecule has 2 aliphatic heterocycles. The highest BCUT2D eigenvalue weighted by molar-refractivity contribution is 7.90. The van der Waals surface area contributed by atoms with Crippen molar-refractivity contribution in [1.82, 2.24) is 19.8 Å². The maximum atomic E-state index is 12.2. The van der Waals surface area contributed by atoms with Gasteiger partial charge >= 0.3 is 0 Å². The molecule has 2 fully saturated rings. The zero-order valence-electron chi connectivity index (χ0n) is 24.3. The Bertz CT molecular complexity index is 1470. The van der Waals surface area contributed by atoms with Crippen molar-refractivity contribution in [2.45, 2.75) is 38.0 Å². The first kappa shape index (κ1) is 29.6. The molecule has 11 heteroatoms. The van der Waals surface area contributed by atoms with E-state index in [9.17, 15) is 8.42 Å². The first-order valence-electron chi connectivity index (χ1n) is 14.2. The van der Waals surface area contributed by atoms with Crippen LogP contribution in [0.4, 0.5) is 28.8 Å².